The fourth-order valence-electron chi connectivity index (χ4n) is 1.91. The van der Waals surface area contributed by atoms with Crippen molar-refractivity contribution in [1.82, 2.24) is 4.90 Å². The van der Waals surface area contributed by atoms with Gasteiger partial charge in [-0.1, -0.05) is 24.6 Å². The molecule has 1 amide bonds. The highest BCUT2D eigenvalue weighted by Crippen LogP contribution is 2.18. The predicted molar refractivity (Wildman–Crippen MR) is 64.7 cm³/mol. The van der Waals surface area contributed by atoms with E-state index in [1.54, 1.807) is 0 Å². The standard InChI is InChI=1S/C11H17NO4S/c1-8(13)17-7-10(14)12-6-4-2-3-5-9(12)11(15)16/h9H,2-7H2,1H3,(H,15,16). The number of likely N-dealkylation sites (tertiary alicyclic amines) is 1. The van der Waals surface area contributed by atoms with Crippen LogP contribution in [-0.2, 0) is 14.4 Å². The first-order valence-electron chi connectivity index (χ1n) is 5.68. The summed E-state index contributed by atoms with van der Waals surface area (Å²) in [6, 6.07) is -0.724. The summed E-state index contributed by atoms with van der Waals surface area (Å²) in [5, 5.41) is 8.97. The molecule has 1 saturated heterocycles. The Kier molecular flexibility index (Phi) is 5.47. The minimum absolute atomic E-state index is 0.0408. The Bertz CT molecular complexity index is 319. The van der Waals surface area contributed by atoms with Crippen LogP contribution in [-0.4, -0.2) is 45.3 Å². The SMILES string of the molecule is CC(=O)SCC(=O)N1CCCCCC1C(=O)O. The summed E-state index contributed by atoms with van der Waals surface area (Å²) < 4.78 is 0. The smallest absolute Gasteiger partial charge is 0.326 e. The number of hydrogen-bond donors (Lipinski definition) is 1. The van der Waals surface area contributed by atoms with Gasteiger partial charge < -0.3 is 10.0 Å². The highest BCUT2D eigenvalue weighted by Gasteiger charge is 2.30. The average Bonchev–Trinajstić information content (AvgIpc) is 2.50. The maximum Gasteiger partial charge on any atom is 0.326 e. The molecule has 1 rings (SSSR count). The van der Waals surface area contributed by atoms with Gasteiger partial charge in [0.15, 0.2) is 5.12 Å². The van der Waals surface area contributed by atoms with E-state index < -0.39 is 12.0 Å². The van der Waals surface area contributed by atoms with Crippen LogP contribution in [0.4, 0.5) is 0 Å². The molecule has 17 heavy (non-hydrogen) atoms. The highest BCUT2D eigenvalue weighted by atomic mass is 32.2. The van der Waals surface area contributed by atoms with E-state index in [0.29, 0.717) is 13.0 Å². The maximum atomic E-state index is 11.9. The summed E-state index contributed by atoms with van der Waals surface area (Å²) in [6.07, 6.45) is 3.13. The Morgan fingerprint density at radius 2 is 2.00 bits per heavy atom. The van der Waals surface area contributed by atoms with Crippen LogP contribution < -0.4 is 0 Å². The van der Waals surface area contributed by atoms with Gasteiger partial charge in [0.25, 0.3) is 0 Å². The first kappa shape index (κ1) is 14.0. The van der Waals surface area contributed by atoms with Crippen molar-refractivity contribution in [1.29, 1.82) is 0 Å². The first-order chi connectivity index (χ1) is 8.02. The number of carboxylic acids is 1. The van der Waals surface area contributed by atoms with Crippen LogP contribution in [0.15, 0.2) is 0 Å². The van der Waals surface area contributed by atoms with Crippen LogP contribution in [0.3, 0.4) is 0 Å². The lowest BCUT2D eigenvalue weighted by atomic mass is 10.1. The third-order valence-electron chi connectivity index (χ3n) is 2.76. The molecule has 5 nitrogen and oxygen atoms in total. The second-order valence-electron chi connectivity index (χ2n) is 4.07. The molecule has 0 aromatic carbocycles. The van der Waals surface area contributed by atoms with Gasteiger partial charge in [0, 0.05) is 13.5 Å². The molecule has 1 aliphatic heterocycles. The Labute approximate surface area is 105 Å². The van der Waals surface area contributed by atoms with Gasteiger partial charge in [0.1, 0.15) is 6.04 Å². The lowest BCUT2D eigenvalue weighted by molar-refractivity contribution is -0.149. The van der Waals surface area contributed by atoms with Gasteiger partial charge in [-0.2, -0.15) is 0 Å². The molecule has 0 aromatic rings. The van der Waals surface area contributed by atoms with E-state index in [4.69, 9.17) is 5.11 Å². The molecule has 1 fully saturated rings. The zero-order valence-corrected chi connectivity index (χ0v) is 10.7. The zero-order valence-electron chi connectivity index (χ0n) is 9.85. The first-order valence-corrected chi connectivity index (χ1v) is 6.66. The molecule has 0 bridgehead atoms. The number of amides is 1. The normalized spacial score (nSPS) is 20.8. The number of carbonyl (C=O) groups is 3. The van der Waals surface area contributed by atoms with Crippen LogP contribution in [0, 0.1) is 0 Å². The molecule has 0 aliphatic carbocycles. The summed E-state index contributed by atoms with van der Waals surface area (Å²) in [6.45, 7) is 1.88. The van der Waals surface area contributed by atoms with Gasteiger partial charge in [-0.3, -0.25) is 9.59 Å². The topological polar surface area (TPSA) is 74.7 Å². The molecular weight excluding hydrogens is 242 g/mol. The number of thioether (sulfide) groups is 1. The van der Waals surface area contributed by atoms with Gasteiger partial charge in [0.2, 0.25) is 5.91 Å². The van der Waals surface area contributed by atoms with E-state index in [1.165, 1.54) is 11.8 Å². The maximum absolute atomic E-state index is 11.9. The molecule has 0 saturated carbocycles. The molecule has 1 N–H and O–H groups in total. The molecule has 0 aromatic heterocycles. The second kappa shape index (κ2) is 6.64. The second-order valence-corrected chi connectivity index (χ2v) is 5.22. The van der Waals surface area contributed by atoms with Crippen molar-refractivity contribution >= 4 is 28.8 Å². The van der Waals surface area contributed by atoms with Gasteiger partial charge in [0.05, 0.1) is 5.75 Å². The van der Waals surface area contributed by atoms with Crippen LogP contribution in [0.5, 0.6) is 0 Å². The Morgan fingerprint density at radius 3 is 2.59 bits per heavy atom. The lowest BCUT2D eigenvalue weighted by Gasteiger charge is -2.26. The molecule has 6 heteroatoms. The molecule has 1 heterocycles. The van der Waals surface area contributed by atoms with Gasteiger partial charge in [-0.25, -0.2) is 4.79 Å². The van der Waals surface area contributed by atoms with Crippen molar-refractivity contribution in [3.8, 4) is 0 Å². The highest BCUT2D eigenvalue weighted by molar-refractivity contribution is 8.14. The average molecular weight is 259 g/mol. The van der Waals surface area contributed by atoms with Gasteiger partial charge in [-0.05, 0) is 12.8 Å². The molecule has 1 aliphatic rings. The van der Waals surface area contributed by atoms with E-state index in [1.807, 2.05) is 0 Å². The van der Waals surface area contributed by atoms with Crippen molar-refractivity contribution in [3.05, 3.63) is 0 Å². The summed E-state index contributed by atoms with van der Waals surface area (Å²) in [5.74, 6) is -1.16. The lowest BCUT2D eigenvalue weighted by Crippen LogP contribution is -2.45. The molecule has 0 spiro atoms. The quantitative estimate of drug-likeness (QED) is 0.822. The minimum atomic E-state index is -0.951. The molecule has 0 radical (unpaired) electrons. The van der Waals surface area contributed by atoms with Crippen molar-refractivity contribution in [3.63, 3.8) is 0 Å². The minimum Gasteiger partial charge on any atom is -0.480 e. The van der Waals surface area contributed by atoms with Crippen molar-refractivity contribution in [2.24, 2.45) is 0 Å². The largest absolute Gasteiger partial charge is 0.480 e. The fraction of sp³-hybridized carbons (Fsp3) is 0.727. The third-order valence-corrected chi connectivity index (χ3v) is 3.55. The van der Waals surface area contributed by atoms with Crippen LogP contribution in [0.1, 0.15) is 32.6 Å². The van der Waals surface area contributed by atoms with E-state index >= 15 is 0 Å². The number of carbonyl (C=O) groups excluding carboxylic acids is 2. The zero-order chi connectivity index (χ0) is 12.8. The predicted octanol–water partition coefficient (Wildman–Crippen LogP) is 1.12. The van der Waals surface area contributed by atoms with Gasteiger partial charge >= 0.3 is 5.97 Å². The molecule has 1 atom stereocenters. The van der Waals surface area contributed by atoms with Gasteiger partial charge in [-0.15, -0.1) is 0 Å². The van der Waals surface area contributed by atoms with E-state index in [0.717, 1.165) is 31.0 Å². The summed E-state index contributed by atoms with van der Waals surface area (Å²) in [7, 11) is 0. The van der Waals surface area contributed by atoms with E-state index in [2.05, 4.69) is 0 Å². The third kappa shape index (κ3) is 4.38. The van der Waals surface area contributed by atoms with E-state index in [9.17, 15) is 14.4 Å². The van der Waals surface area contributed by atoms with Crippen LogP contribution in [0.25, 0.3) is 0 Å². The van der Waals surface area contributed by atoms with Crippen molar-refractivity contribution in [2.45, 2.75) is 38.6 Å². The fourth-order valence-corrected chi connectivity index (χ4v) is 2.40. The van der Waals surface area contributed by atoms with Crippen molar-refractivity contribution in [2.75, 3.05) is 12.3 Å². The summed E-state index contributed by atoms with van der Waals surface area (Å²) in [5.41, 5.74) is 0. The summed E-state index contributed by atoms with van der Waals surface area (Å²) in [4.78, 5) is 35.2. The number of aliphatic carboxylic acids is 1. The van der Waals surface area contributed by atoms with Crippen molar-refractivity contribution < 1.29 is 19.5 Å². The Balaban J connectivity index is 2.65. The van der Waals surface area contributed by atoms with Crippen LogP contribution >= 0.6 is 11.8 Å². The number of carboxylic acid groups (broad SMARTS) is 1. The number of nitrogens with zero attached hydrogens (tertiary/aromatic N) is 1. The molecule has 1 unspecified atom stereocenters. The Morgan fingerprint density at radius 1 is 1.29 bits per heavy atom. The molecule has 96 valence electrons. The van der Waals surface area contributed by atoms with E-state index in [-0.39, 0.29) is 16.8 Å². The molecular formula is C11H17NO4S. The Hall–Kier alpha value is -1.04. The van der Waals surface area contributed by atoms with Crippen LogP contribution in [0.2, 0.25) is 0 Å². The number of hydrogen-bond acceptors (Lipinski definition) is 4. The number of rotatable bonds is 3. The summed E-state index contributed by atoms with van der Waals surface area (Å²) >= 11 is 0.931. The monoisotopic (exact) mass is 259 g/mol.